The smallest absolute Gasteiger partial charge is 0.407 e. The monoisotopic (exact) mass is 452 g/mol. The Bertz CT molecular complexity index is 858. The van der Waals surface area contributed by atoms with Gasteiger partial charge < -0.3 is 20.7 Å². The van der Waals surface area contributed by atoms with Crippen LogP contribution in [-0.4, -0.2) is 48.7 Å². The van der Waals surface area contributed by atoms with E-state index >= 15 is 0 Å². The van der Waals surface area contributed by atoms with E-state index in [4.69, 9.17) is 4.74 Å². The second-order valence-corrected chi connectivity index (χ2v) is 9.25. The number of rotatable bonds is 7. The third-order valence-electron chi connectivity index (χ3n) is 5.40. The molecule has 1 atom stereocenters. The molecule has 1 aliphatic carbocycles. The summed E-state index contributed by atoms with van der Waals surface area (Å²) >= 11 is 0. The highest BCUT2D eigenvalue weighted by Gasteiger charge is 2.33. The van der Waals surface area contributed by atoms with Gasteiger partial charge in [-0.15, -0.1) is 0 Å². The van der Waals surface area contributed by atoms with Gasteiger partial charge in [-0.1, -0.05) is 0 Å². The van der Waals surface area contributed by atoms with Gasteiger partial charge in [0.15, 0.2) is 0 Å². The van der Waals surface area contributed by atoms with Crippen molar-refractivity contribution in [2.24, 2.45) is 0 Å². The highest BCUT2D eigenvalue weighted by molar-refractivity contribution is 6.01. The Morgan fingerprint density at radius 1 is 1.12 bits per heavy atom. The van der Waals surface area contributed by atoms with Crippen molar-refractivity contribution in [3.05, 3.63) is 29.3 Å². The Morgan fingerprint density at radius 3 is 2.38 bits per heavy atom. The molecule has 1 aromatic carbocycles. The Labute approximate surface area is 185 Å². The molecule has 4 N–H and O–H groups in total. The van der Waals surface area contributed by atoms with Crippen molar-refractivity contribution < 1.29 is 27.9 Å². The summed E-state index contributed by atoms with van der Waals surface area (Å²) in [5.74, 6) is -3.71. The molecule has 3 amide bonds. The van der Waals surface area contributed by atoms with E-state index in [-0.39, 0.29) is 30.5 Å². The number of imide groups is 1. The van der Waals surface area contributed by atoms with Crippen molar-refractivity contribution >= 4 is 23.6 Å². The predicted octanol–water partition coefficient (Wildman–Crippen LogP) is 2.54. The molecule has 8 nitrogen and oxygen atoms in total. The molecular formula is C22H30F2N4O4. The minimum atomic E-state index is -1.01. The average Bonchev–Trinajstić information content (AvgIpc) is 2.62. The van der Waals surface area contributed by atoms with Gasteiger partial charge in [0.25, 0.3) is 0 Å². The van der Waals surface area contributed by atoms with Crippen LogP contribution < -0.4 is 21.3 Å². The molecule has 1 saturated carbocycles. The molecule has 0 radical (unpaired) electrons. The van der Waals surface area contributed by atoms with E-state index in [1.807, 2.05) is 0 Å². The third-order valence-corrected chi connectivity index (χ3v) is 5.40. The maximum atomic E-state index is 14.6. The number of anilines is 1. The van der Waals surface area contributed by atoms with E-state index in [1.54, 1.807) is 20.8 Å². The first kappa shape index (κ1) is 23.9. The fraction of sp³-hybridized carbons (Fsp3) is 0.591. The van der Waals surface area contributed by atoms with Crippen LogP contribution in [0.4, 0.5) is 19.3 Å². The normalized spacial score (nSPS) is 23.2. The zero-order chi connectivity index (χ0) is 23.5. The highest BCUT2D eigenvalue weighted by atomic mass is 19.1. The van der Waals surface area contributed by atoms with Crippen molar-refractivity contribution in [1.82, 2.24) is 16.0 Å². The highest BCUT2D eigenvalue weighted by Crippen LogP contribution is 2.32. The standard InChI is InChI=1S/C22H30F2N4O4/c1-22(2,3)32-21(31)26-7-6-25-12-8-13(9-12)27-14-10-16(23)19(17(24)11-14)15-4-5-18(29)28-20(15)30/h10-13,15,25,27H,4-9H2,1-3H3,(H,26,31)(H,28,29,30)/t12-,13-,15?. The first-order chi connectivity index (χ1) is 15.0. The van der Waals surface area contributed by atoms with Crippen molar-refractivity contribution in [1.29, 1.82) is 0 Å². The number of hydrogen-bond donors (Lipinski definition) is 4. The fourth-order valence-corrected chi connectivity index (χ4v) is 3.86. The van der Waals surface area contributed by atoms with Crippen LogP contribution in [0.2, 0.25) is 0 Å². The number of halogens is 2. The van der Waals surface area contributed by atoms with Crippen LogP contribution in [0, 0.1) is 11.6 Å². The van der Waals surface area contributed by atoms with Gasteiger partial charge in [-0.2, -0.15) is 0 Å². The Morgan fingerprint density at radius 2 is 1.78 bits per heavy atom. The van der Waals surface area contributed by atoms with Gasteiger partial charge >= 0.3 is 6.09 Å². The first-order valence-corrected chi connectivity index (χ1v) is 10.8. The zero-order valence-corrected chi connectivity index (χ0v) is 18.5. The molecule has 0 aromatic heterocycles. The van der Waals surface area contributed by atoms with E-state index in [9.17, 15) is 23.2 Å². The minimum Gasteiger partial charge on any atom is -0.444 e. The third kappa shape index (κ3) is 6.38. The number of carbonyl (C=O) groups is 3. The van der Waals surface area contributed by atoms with Crippen LogP contribution >= 0.6 is 0 Å². The molecule has 1 aromatic rings. The van der Waals surface area contributed by atoms with Gasteiger partial charge in [-0.3, -0.25) is 14.9 Å². The van der Waals surface area contributed by atoms with Crippen molar-refractivity contribution in [2.45, 2.75) is 70.1 Å². The summed E-state index contributed by atoms with van der Waals surface area (Å²) in [5.41, 5.74) is -0.527. The maximum absolute atomic E-state index is 14.6. The number of amides is 3. The first-order valence-electron chi connectivity index (χ1n) is 10.8. The lowest BCUT2D eigenvalue weighted by Gasteiger charge is -2.37. The molecule has 0 spiro atoms. The van der Waals surface area contributed by atoms with E-state index in [0.717, 1.165) is 12.8 Å². The van der Waals surface area contributed by atoms with Crippen LogP contribution in [0.1, 0.15) is 57.9 Å². The van der Waals surface area contributed by atoms with Crippen molar-refractivity contribution in [3.8, 4) is 0 Å². The number of benzene rings is 1. The molecule has 2 fully saturated rings. The van der Waals surface area contributed by atoms with Gasteiger partial charge in [0.1, 0.15) is 17.2 Å². The summed E-state index contributed by atoms with van der Waals surface area (Å²) in [5, 5.41) is 11.2. The van der Waals surface area contributed by atoms with E-state index in [1.165, 1.54) is 12.1 Å². The SMILES string of the molecule is CC(C)(C)OC(=O)NCCN[C@H]1C[C@H](Nc2cc(F)c(C3CCC(=O)NC3=O)c(F)c2)C1. The van der Waals surface area contributed by atoms with Gasteiger partial charge in [0.05, 0.1) is 5.92 Å². The summed E-state index contributed by atoms with van der Waals surface area (Å²) in [6.45, 7) is 6.41. The molecule has 176 valence electrons. The largest absolute Gasteiger partial charge is 0.444 e. The molecule has 10 heteroatoms. The number of piperidine rings is 1. The predicted molar refractivity (Wildman–Crippen MR) is 114 cm³/mol. The van der Waals surface area contributed by atoms with Gasteiger partial charge in [-0.25, -0.2) is 13.6 Å². The molecule has 1 unspecified atom stereocenters. The molecule has 3 rings (SSSR count). The topological polar surface area (TPSA) is 109 Å². The summed E-state index contributed by atoms with van der Waals surface area (Å²) < 4.78 is 34.3. The van der Waals surface area contributed by atoms with Crippen LogP contribution in [0.3, 0.4) is 0 Å². The molecular weight excluding hydrogens is 422 g/mol. The molecule has 1 saturated heterocycles. The Balaban J connectivity index is 1.42. The minimum absolute atomic E-state index is 0.0546. The second kappa shape index (κ2) is 9.81. The maximum Gasteiger partial charge on any atom is 0.407 e. The number of hydrogen-bond acceptors (Lipinski definition) is 6. The van der Waals surface area contributed by atoms with Crippen LogP contribution in [-0.2, 0) is 14.3 Å². The van der Waals surface area contributed by atoms with Gasteiger partial charge in [0, 0.05) is 42.8 Å². The zero-order valence-electron chi connectivity index (χ0n) is 18.5. The van der Waals surface area contributed by atoms with Crippen molar-refractivity contribution in [2.75, 3.05) is 18.4 Å². The molecule has 0 bridgehead atoms. The molecule has 1 heterocycles. The number of ether oxygens (including phenoxy) is 1. The summed E-state index contributed by atoms with van der Waals surface area (Å²) in [7, 11) is 0. The molecule has 2 aliphatic rings. The van der Waals surface area contributed by atoms with Crippen LogP contribution in [0.5, 0.6) is 0 Å². The molecule has 32 heavy (non-hydrogen) atoms. The summed E-state index contributed by atoms with van der Waals surface area (Å²) in [4.78, 5) is 34.8. The van der Waals surface area contributed by atoms with E-state index < -0.39 is 41.1 Å². The lowest BCUT2D eigenvalue weighted by atomic mass is 9.86. The Hall–Kier alpha value is -2.75. The lowest BCUT2D eigenvalue weighted by molar-refractivity contribution is -0.134. The average molecular weight is 453 g/mol. The van der Waals surface area contributed by atoms with Crippen LogP contribution in [0.15, 0.2) is 12.1 Å². The van der Waals surface area contributed by atoms with Gasteiger partial charge in [-0.05, 0) is 52.2 Å². The molecule has 1 aliphatic heterocycles. The number of nitrogens with one attached hydrogen (secondary N) is 4. The van der Waals surface area contributed by atoms with E-state index in [2.05, 4.69) is 21.3 Å². The Kier molecular flexibility index (Phi) is 7.33. The van der Waals surface area contributed by atoms with E-state index in [0.29, 0.717) is 18.8 Å². The second-order valence-electron chi connectivity index (χ2n) is 9.25. The number of alkyl carbamates (subject to hydrolysis) is 1. The lowest BCUT2D eigenvalue weighted by Crippen LogP contribution is -2.49. The van der Waals surface area contributed by atoms with Crippen LogP contribution in [0.25, 0.3) is 0 Å². The fourth-order valence-electron chi connectivity index (χ4n) is 3.86. The van der Waals surface area contributed by atoms with Gasteiger partial charge in [0.2, 0.25) is 11.8 Å². The number of carbonyl (C=O) groups excluding carboxylic acids is 3. The quantitative estimate of drug-likeness (QED) is 0.374. The summed E-state index contributed by atoms with van der Waals surface area (Å²) in [6, 6.07) is 2.68. The van der Waals surface area contributed by atoms with Crippen molar-refractivity contribution in [3.63, 3.8) is 0 Å². The summed E-state index contributed by atoms with van der Waals surface area (Å²) in [6.07, 6.45) is 1.22.